The molecular formula is C18H29ClO2. The molecule has 0 aromatic heterocycles. The molecule has 0 saturated carbocycles. The van der Waals surface area contributed by atoms with Crippen LogP contribution in [0, 0.1) is 0 Å². The van der Waals surface area contributed by atoms with Gasteiger partial charge in [0.2, 0.25) is 0 Å². The van der Waals surface area contributed by atoms with Crippen molar-refractivity contribution in [2.45, 2.75) is 59.8 Å². The average Bonchev–Trinajstić information content (AvgIpc) is 2.42. The summed E-state index contributed by atoms with van der Waals surface area (Å²) in [7, 11) is 0. The van der Waals surface area contributed by atoms with Gasteiger partial charge >= 0.3 is 5.97 Å². The van der Waals surface area contributed by atoms with Crippen molar-refractivity contribution >= 4 is 17.6 Å². The maximum atomic E-state index is 10.8. The summed E-state index contributed by atoms with van der Waals surface area (Å²) in [6, 6.07) is 0. The van der Waals surface area contributed by atoms with Gasteiger partial charge in [-0.1, -0.05) is 34.9 Å². The lowest BCUT2D eigenvalue weighted by Crippen LogP contribution is -2.06. The lowest BCUT2D eigenvalue weighted by atomic mass is 10.1. The summed E-state index contributed by atoms with van der Waals surface area (Å²) >= 11 is 5.35. The van der Waals surface area contributed by atoms with Crippen LogP contribution in [0.1, 0.15) is 59.8 Å². The summed E-state index contributed by atoms with van der Waals surface area (Å²) in [5.41, 5.74) is 4.18. The van der Waals surface area contributed by atoms with Crippen molar-refractivity contribution in [2.75, 3.05) is 12.5 Å². The Morgan fingerprint density at radius 2 is 1.43 bits per heavy atom. The average molecular weight is 313 g/mol. The van der Waals surface area contributed by atoms with E-state index in [2.05, 4.69) is 45.9 Å². The molecule has 0 aromatic carbocycles. The van der Waals surface area contributed by atoms with Crippen LogP contribution in [0.4, 0.5) is 0 Å². The lowest BCUT2D eigenvalue weighted by Gasteiger charge is -2.02. The molecule has 0 saturated heterocycles. The predicted molar refractivity (Wildman–Crippen MR) is 91.7 cm³/mol. The highest BCUT2D eigenvalue weighted by Crippen LogP contribution is 2.11. The van der Waals surface area contributed by atoms with Crippen molar-refractivity contribution in [3.05, 3.63) is 34.9 Å². The van der Waals surface area contributed by atoms with E-state index in [0.717, 1.165) is 32.1 Å². The van der Waals surface area contributed by atoms with Crippen LogP contribution >= 0.6 is 11.6 Å². The van der Waals surface area contributed by atoms with Crippen LogP contribution in [0.2, 0.25) is 0 Å². The fourth-order valence-corrected chi connectivity index (χ4v) is 1.93. The highest BCUT2D eigenvalue weighted by molar-refractivity contribution is 6.26. The molecule has 0 aliphatic carbocycles. The van der Waals surface area contributed by atoms with Gasteiger partial charge in [0.05, 0.1) is 6.61 Å². The smallest absolute Gasteiger partial charge is 0.320 e. The molecule has 3 heteroatoms. The first-order valence-corrected chi connectivity index (χ1v) is 8.15. The minimum absolute atomic E-state index is 0.0699. The van der Waals surface area contributed by atoms with Gasteiger partial charge in [-0.2, -0.15) is 0 Å². The first-order chi connectivity index (χ1) is 9.95. The summed E-state index contributed by atoms with van der Waals surface area (Å²) in [4.78, 5) is 10.8. The van der Waals surface area contributed by atoms with Crippen molar-refractivity contribution in [1.29, 1.82) is 0 Å². The van der Waals surface area contributed by atoms with Crippen molar-refractivity contribution in [2.24, 2.45) is 0 Å². The Morgan fingerprint density at radius 3 is 1.95 bits per heavy atom. The number of carbonyl (C=O) groups is 1. The van der Waals surface area contributed by atoms with Gasteiger partial charge in [0, 0.05) is 0 Å². The summed E-state index contributed by atoms with van der Waals surface area (Å²) in [5, 5.41) is 0. The second kappa shape index (κ2) is 12.7. The van der Waals surface area contributed by atoms with Gasteiger partial charge in [0.1, 0.15) is 5.88 Å². The Morgan fingerprint density at radius 1 is 0.905 bits per heavy atom. The van der Waals surface area contributed by atoms with E-state index in [0.29, 0.717) is 6.61 Å². The SMILES string of the molecule is CC(C)=CCC/C(C)=C/CC/C(C)=C/CCOC(=O)CCl. The van der Waals surface area contributed by atoms with E-state index in [-0.39, 0.29) is 11.8 Å². The third-order valence-electron chi connectivity index (χ3n) is 3.11. The number of allylic oxidation sites excluding steroid dienone is 5. The first kappa shape index (κ1) is 20.0. The Bertz CT molecular complexity index is 388. The molecule has 0 aromatic rings. The van der Waals surface area contributed by atoms with Gasteiger partial charge in [-0.05, 0) is 59.8 Å². The number of carbonyl (C=O) groups excluding carboxylic acids is 1. The van der Waals surface area contributed by atoms with Crippen LogP contribution in [0.3, 0.4) is 0 Å². The predicted octanol–water partition coefficient (Wildman–Crippen LogP) is 5.58. The van der Waals surface area contributed by atoms with E-state index in [9.17, 15) is 4.79 Å². The van der Waals surface area contributed by atoms with Gasteiger partial charge < -0.3 is 4.74 Å². The molecule has 0 aliphatic heterocycles. The molecule has 0 spiro atoms. The van der Waals surface area contributed by atoms with E-state index < -0.39 is 0 Å². The van der Waals surface area contributed by atoms with Crippen molar-refractivity contribution in [3.63, 3.8) is 0 Å². The second-order valence-corrected chi connectivity index (χ2v) is 5.87. The van der Waals surface area contributed by atoms with Gasteiger partial charge in [0.15, 0.2) is 0 Å². The maximum Gasteiger partial charge on any atom is 0.320 e. The van der Waals surface area contributed by atoms with Crippen LogP contribution < -0.4 is 0 Å². The third kappa shape index (κ3) is 13.7. The quantitative estimate of drug-likeness (QED) is 0.228. The molecule has 0 atom stereocenters. The highest BCUT2D eigenvalue weighted by atomic mass is 35.5. The van der Waals surface area contributed by atoms with Crippen molar-refractivity contribution in [3.8, 4) is 0 Å². The number of esters is 1. The van der Waals surface area contributed by atoms with Crippen molar-refractivity contribution < 1.29 is 9.53 Å². The Labute approximate surface area is 134 Å². The van der Waals surface area contributed by atoms with Crippen LogP contribution in [-0.2, 0) is 9.53 Å². The van der Waals surface area contributed by atoms with E-state index >= 15 is 0 Å². The molecule has 21 heavy (non-hydrogen) atoms. The van der Waals surface area contributed by atoms with Crippen LogP contribution in [0.5, 0.6) is 0 Å². The number of halogens is 1. The molecule has 0 rings (SSSR count). The number of hydrogen-bond donors (Lipinski definition) is 0. The third-order valence-corrected chi connectivity index (χ3v) is 3.32. The Hall–Kier alpha value is -1.02. The number of ether oxygens (including phenoxy) is 1. The van der Waals surface area contributed by atoms with Crippen molar-refractivity contribution in [1.82, 2.24) is 0 Å². The fraction of sp³-hybridized carbons (Fsp3) is 0.611. The normalized spacial score (nSPS) is 12.2. The van der Waals surface area contributed by atoms with Gasteiger partial charge in [-0.3, -0.25) is 4.79 Å². The zero-order valence-electron chi connectivity index (χ0n) is 13.9. The fourth-order valence-electron chi connectivity index (χ4n) is 1.86. The van der Waals surface area contributed by atoms with Gasteiger partial charge in [0.25, 0.3) is 0 Å². The molecule has 0 fully saturated rings. The zero-order valence-corrected chi connectivity index (χ0v) is 14.6. The monoisotopic (exact) mass is 312 g/mol. The molecule has 120 valence electrons. The molecule has 0 radical (unpaired) electrons. The van der Waals surface area contributed by atoms with E-state index in [1.807, 2.05) is 0 Å². The van der Waals surface area contributed by atoms with Gasteiger partial charge in [-0.25, -0.2) is 0 Å². The van der Waals surface area contributed by atoms with Crippen LogP contribution in [0.15, 0.2) is 34.9 Å². The number of hydrogen-bond acceptors (Lipinski definition) is 2. The molecule has 0 heterocycles. The molecule has 0 unspecified atom stereocenters. The number of alkyl halides is 1. The topological polar surface area (TPSA) is 26.3 Å². The summed E-state index contributed by atoms with van der Waals surface area (Å²) in [6.07, 6.45) is 11.9. The number of rotatable bonds is 10. The Kier molecular flexibility index (Phi) is 12.1. The van der Waals surface area contributed by atoms with E-state index in [4.69, 9.17) is 16.3 Å². The summed E-state index contributed by atoms with van der Waals surface area (Å²) in [6.45, 7) is 9.01. The summed E-state index contributed by atoms with van der Waals surface area (Å²) < 4.78 is 4.91. The minimum atomic E-state index is -0.349. The largest absolute Gasteiger partial charge is 0.464 e. The molecular weight excluding hydrogens is 284 g/mol. The molecule has 0 aliphatic rings. The first-order valence-electron chi connectivity index (χ1n) is 7.62. The minimum Gasteiger partial charge on any atom is -0.464 e. The zero-order chi connectivity index (χ0) is 16.1. The highest BCUT2D eigenvalue weighted by Gasteiger charge is 1.97. The summed E-state index contributed by atoms with van der Waals surface area (Å²) in [5.74, 6) is -0.419. The lowest BCUT2D eigenvalue weighted by molar-refractivity contribution is -0.140. The maximum absolute atomic E-state index is 10.8. The van der Waals surface area contributed by atoms with E-state index in [1.54, 1.807) is 0 Å². The molecule has 2 nitrogen and oxygen atoms in total. The Balaban J connectivity index is 3.83. The standard InChI is InChI=1S/C18H29ClO2/c1-15(2)8-5-9-16(3)10-6-11-17(4)12-7-13-21-18(20)14-19/h8,10,12H,5-7,9,11,13-14H2,1-4H3/b16-10+,17-12+. The van der Waals surface area contributed by atoms with Gasteiger partial charge in [-0.15, -0.1) is 11.6 Å². The molecule has 0 amide bonds. The van der Waals surface area contributed by atoms with Crippen LogP contribution in [0.25, 0.3) is 0 Å². The second-order valence-electron chi connectivity index (χ2n) is 5.60. The molecule has 0 bridgehead atoms. The van der Waals surface area contributed by atoms with E-state index in [1.165, 1.54) is 16.7 Å². The van der Waals surface area contributed by atoms with Crippen LogP contribution in [-0.4, -0.2) is 18.5 Å². The molecule has 0 N–H and O–H groups in total.